The van der Waals surface area contributed by atoms with E-state index in [9.17, 15) is 0 Å². The standard InChI is InChI=1S/C7H11O/c1-8-7-5-3-2-4-6-7/h2-3H,4-6H2,1H3/q+1. The smallest absolute Gasteiger partial charge is 0.197 e. The van der Waals surface area contributed by atoms with Crippen molar-refractivity contribution in [2.45, 2.75) is 19.3 Å². The highest BCUT2D eigenvalue weighted by Gasteiger charge is 2.19. The molecule has 0 amide bonds. The minimum absolute atomic E-state index is 1.02. The Morgan fingerprint density at radius 2 is 2.38 bits per heavy atom. The maximum Gasteiger partial charge on any atom is 0.245 e. The van der Waals surface area contributed by atoms with Crippen LogP contribution in [0.1, 0.15) is 19.3 Å². The van der Waals surface area contributed by atoms with Gasteiger partial charge in [0.25, 0.3) is 0 Å². The van der Waals surface area contributed by atoms with E-state index in [4.69, 9.17) is 4.74 Å². The molecule has 0 aromatic rings. The fraction of sp³-hybridized carbons (Fsp3) is 0.571. The van der Waals surface area contributed by atoms with E-state index in [-0.39, 0.29) is 0 Å². The molecule has 1 aliphatic carbocycles. The third-order valence-corrected chi connectivity index (χ3v) is 1.39. The number of methoxy groups -OCH3 is 1. The maximum absolute atomic E-state index is 5.06. The number of hydrogen-bond acceptors (Lipinski definition) is 1. The zero-order valence-electron chi connectivity index (χ0n) is 5.18. The van der Waals surface area contributed by atoms with Gasteiger partial charge in [-0.15, -0.1) is 0 Å². The highest BCUT2D eigenvalue weighted by atomic mass is 16.5. The van der Waals surface area contributed by atoms with Gasteiger partial charge in [0.15, 0.2) is 0 Å². The average molecular weight is 111 g/mol. The molecule has 0 bridgehead atoms. The molecule has 0 aromatic carbocycles. The molecule has 1 aliphatic rings. The van der Waals surface area contributed by atoms with Crippen molar-refractivity contribution in [3.8, 4) is 0 Å². The summed E-state index contributed by atoms with van der Waals surface area (Å²) in [5.74, 6) is 0. The van der Waals surface area contributed by atoms with Crippen molar-refractivity contribution in [2.24, 2.45) is 0 Å². The highest BCUT2D eigenvalue weighted by Crippen LogP contribution is 2.19. The van der Waals surface area contributed by atoms with Crippen LogP contribution in [0, 0.1) is 6.10 Å². The van der Waals surface area contributed by atoms with E-state index in [0.717, 1.165) is 19.3 Å². The summed E-state index contributed by atoms with van der Waals surface area (Å²) in [5.41, 5.74) is 0. The van der Waals surface area contributed by atoms with E-state index < -0.39 is 0 Å². The van der Waals surface area contributed by atoms with E-state index in [0.29, 0.717) is 0 Å². The van der Waals surface area contributed by atoms with Crippen molar-refractivity contribution < 1.29 is 4.74 Å². The van der Waals surface area contributed by atoms with Gasteiger partial charge in [0.2, 0.25) is 6.10 Å². The number of rotatable bonds is 1. The minimum Gasteiger partial charge on any atom is -0.197 e. The van der Waals surface area contributed by atoms with Crippen LogP contribution in [0.3, 0.4) is 0 Å². The van der Waals surface area contributed by atoms with Crippen LogP contribution in [0.25, 0.3) is 0 Å². The summed E-state index contributed by atoms with van der Waals surface area (Å²) >= 11 is 0. The summed E-state index contributed by atoms with van der Waals surface area (Å²) in [6.45, 7) is 0. The van der Waals surface area contributed by atoms with Gasteiger partial charge in [-0.2, -0.15) is 4.74 Å². The first-order valence-electron chi connectivity index (χ1n) is 2.97. The van der Waals surface area contributed by atoms with Crippen LogP contribution in [0.5, 0.6) is 0 Å². The largest absolute Gasteiger partial charge is 0.245 e. The molecule has 1 nitrogen and oxygen atoms in total. The lowest BCUT2D eigenvalue weighted by Crippen LogP contribution is -2.00. The Balaban J connectivity index is 2.27. The SMILES string of the molecule is CO[C+]1CC=CCC1. The van der Waals surface area contributed by atoms with Crippen LogP contribution in [-0.4, -0.2) is 7.11 Å². The van der Waals surface area contributed by atoms with Gasteiger partial charge in [0, 0.05) is 6.42 Å². The summed E-state index contributed by atoms with van der Waals surface area (Å²) in [7, 11) is 1.74. The van der Waals surface area contributed by atoms with Crippen molar-refractivity contribution in [3.05, 3.63) is 18.3 Å². The van der Waals surface area contributed by atoms with Gasteiger partial charge in [-0.05, 0) is 6.08 Å². The lowest BCUT2D eigenvalue weighted by molar-refractivity contribution is 0.191. The molecule has 0 N–H and O–H groups in total. The molecule has 0 saturated heterocycles. The average Bonchev–Trinajstić information content (AvgIpc) is 1.90. The van der Waals surface area contributed by atoms with E-state index in [2.05, 4.69) is 12.2 Å². The predicted octanol–water partition coefficient (Wildman–Crippen LogP) is 1.90. The zero-order chi connectivity index (χ0) is 5.82. The second-order valence-electron chi connectivity index (χ2n) is 1.96. The Morgan fingerprint density at radius 3 is 2.75 bits per heavy atom. The Morgan fingerprint density at radius 1 is 1.50 bits per heavy atom. The van der Waals surface area contributed by atoms with Gasteiger partial charge >= 0.3 is 0 Å². The van der Waals surface area contributed by atoms with E-state index in [1.165, 1.54) is 6.10 Å². The van der Waals surface area contributed by atoms with Gasteiger partial charge in [-0.25, -0.2) is 0 Å². The van der Waals surface area contributed by atoms with Crippen molar-refractivity contribution >= 4 is 0 Å². The van der Waals surface area contributed by atoms with Gasteiger partial charge < -0.3 is 0 Å². The van der Waals surface area contributed by atoms with Crippen LogP contribution in [0.15, 0.2) is 12.2 Å². The molecule has 0 atom stereocenters. The third kappa shape index (κ3) is 1.27. The zero-order valence-corrected chi connectivity index (χ0v) is 5.18. The summed E-state index contributed by atoms with van der Waals surface area (Å²) in [6, 6.07) is 0. The fourth-order valence-electron chi connectivity index (χ4n) is 0.864. The van der Waals surface area contributed by atoms with Crippen LogP contribution in [0.2, 0.25) is 0 Å². The molecular formula is C7H11O+. The van der Waals surface area contributed by atoms with E-state index >= 15 is 0 Å². The van der Waals surface area contributed by atoms with E-state index in [1.54, 1.807) is 7.11 Å². The lowest BCUT2D eigenvalue weighted by atomic mass is 10.1. The normalized spacial score (nSPS) is 19.4. The third-order valence-electron chi connectivity index (χ3n) is 1.39. The van der Waals surface area contributed by atoms with Crippen LogP contribution < -0.4 is 0 Å². The molecule has 0 aromatic heterocycles. The topological polar surface area (TPSA) is 9.23 Å². The number of ether oxygens (including phenoxy) is 1. The van der Waals surface area contributed by atoms with Crippen LogP contribution in [0.4, 0.5) is 0 Å². The quantitative estimate of drug-likeness (QED) is 0.371. The molecule has 0 unspecified atom stereocenters. The van der Waals surface area contributed by atoms with Gasteiger partial charge in [-0.1, -0.05) is 6.08 Å². The summed E-state index contributed by atoms with van der Waals surface area (Å²) < 4.78 is 5.06. The molecule has 0 aliphatic heterocycles. The molecule has 1 rings (SSSR count). The monoisotopic (exact) mass is 111 g/mol. The van der Waals surface area contributed by atoms with Crippen molar-refractivity contribution in [2.75, 3.05) is 7.11 Å². The van der Waals surface area contributed by atoms with Crippen molar-refractivity contribution in [1.29, 1.82) is 0 Å². The maximum atomic E-state index is 5.06. The second-order valence-corrected chi connectivity index (χ2v) is 1.96. The first-order valence-corrected chi connectivity index (χ1v) is 2.97. The van der Waals surface area contributed by atoms with Gasteiger partial charge in [-0.3, -0.25) is 0 Å². The lowest BCUT2D eigenvalue weighted by Gasteiger charge is -2.01. The van der Waals surface area contributed by atoms with Gasteiger partial charge in [0.1, 0.15) is 12.8 Å². The Bertz CT molecular complexity index is 86.4. The molecule has 0 saturated carbocycles. The van der Waals surface area contributed by atoms with E-state index in [1.807, 2.05) is 0 Å². The summed E-state index contributed by atoms with van der Waals surface area (Å²) in [5, 5.41) is 0. The van der Waals surface area contributed by atoms with Gasteiger partial charge in [0.05, 0.1) is 7.11 Å². The number of hydrogen-bond donors (Lipinski definition) is 0. The molecular weight excluding hydrogens is 100 g/mol. The fourth-order valence-corrected chi connectivity index (χ4v) is 0.864. The molecule has 0 spiro atoms. The summed E-state index contributed by atoms with van der Waals surface area (Å²) in [4.78, 5) is 0. The first kappa shape index (κ1) is 5.70. The molecule has 8 heavy (non-hydrogen) atoms. The molecule has 1 heteroatoms. The first-order chi connectivity index (χ1) is 3.93. The minimum atomic E-state index is 1.02. The Hall–Kier alpha value is -0.430. The number of allylic oxidation sites excluding steroid dienone is 1. The molecule has 0 heterocycles. The Labute approximate surface area is 50.3 Å². The van der Waals surface area contributed by atoms with Crippen LogP contribution in [-0.2, 0) is 4.74 Å². The predicted molar refractivity (Wildman–Crippen MR) is 33.2 cm³/mol. The van der Waals surface area contributed by atoms with Crippen molar-refractivity contribution in [3.63, 3.8) is 0 Å². The van der Waals surface area contributed by atoms with Crippen molar-refractivity contribution in [1.82, 2.24) is 0 Å². The van der Waals surface area contributed by atoms with Crippen LogP contribution >= 0.6 is 0 Å². The Kier molecular flexibility index (Phi) is 1.98. The highest BCUT2D eigenvalue weighted by molar-refractivity contribution is 4.99. The molecule has 0 radical (unpaired) electrons. The second kappa shape index (κ2) is 2.78. The molecule has 44 valence electrons. The molecule has 0 fully saturated rings. The summed E-state index contributed by atoms with van der Waals surface area (Å²) in [6.07, 6.45) is 8.87.